The summed E-state index contributed by atoms with van der Waals surface area (Å²) < 4.78 is 47.8. The normalized spacial score (nSPS) is 13.9. The molecule has 0 fully saturated rings. The molecule has 2 aromatic heterocycles. The highest BCUT2D eigenvalue weighted by molar-refractivity contribution is 6.28. The van der Waals surface area contributed by atoms with Crippen LogP contribution in [0.3, 0.4) is 0 Å². The molecule has 1 aliphatic heterocycles. The number of ether oxygens (including phenoxy) is 1. The molecule has 10 heteroatoms. The smallest absolute Gasteiger partial charge is 0.380 e. The lowest BCUT2D eigenvalue weighted by atomic mass is 9.99. The number of nitrogens with one attached hydrogen (secondary N) is 1. The number of carbonyl (C=O) groups is 1. The van der Waals surface area contributed by atoms with Gasteiger partial charge in [-0.2, -0.15) is 13.2 Å². The number of nitrogens with zero attached hydrogens (tertiary/aromatic N) is 4. The summed E-state index contributed by atoms with van der Waals surface area (Å²) in [5, 5.41) is 2.89. The van der Waals surface area contributed by atoms with Gasteiger partial charge in [-0.3, -0.25) is 19.2 Å². The summed E-state index contributed by atoms with van der Waals surface area (Å²) in [7, 11) is 0. The molecule has 196 valence electrons. The van der Waals surface area contributed by atoms with Crippen molar-refractivity contribution < 1.29 is 22.7 Å². The molecule has 4 rings (SSSR count). The molecule has 0 atom stereocenters. The SMILES string of the molecule is CCCOCCNC(=O)c1ccc(Cc2nccn3c(C4=C(C)CN=C4C(F)(F)F)cnc23)cc1CC. The molecule has 7 nitrogen and oxygen atoms in total. The minimum Gasteiger partial charge on any atom is -0.380 e. The first kappa shape index (κ1) is 26.5. The molecule has 0 radical (unpaired) electrons. The second kappa shape index (κ2) is 11.2. The average Bonchev–Trinajstić information content (AvgIpc) is 3.47. The van der Waals surface area contributed by atoms with E-state index in [1.165, 1.54) is 6.20 Å². The molecule has 3 heterocycles. The van der Waals surface area contributed by atoms with Crippen molar-refractivity contribution >= 4 is 22.8 Å². The fourth-order valence-corrected chi connectivity index (χ4v) is 4.45. The highest BCUT2D eigenvalue weighted by Crippen LogP contribution is 2.35. The Morgan fingerprint density at radius 3 is 2.73 bits per heavy atom. The first-order valence-corrected chi connectivity index (χ1v) is 12.3. The topological polar surface area (TPSA) is 80.9 Å². The molecule has 1 amide bonds. The van der Waals surface area contributed by atoms with Crippen LogP contribution >= 0.6 is 0 Å². The van der Waals surface area contributed by atoms with Crippen LogP contribution in [0.15, 0.2) is 47.4 Å². The zero-order valence-corrected chi connectivity index (χ0v) is 21.2. The molecule has 0 saturated carbocycles. The first-order valence-electron chi connectivity index (χ1n) is 12.3. The van der Waals surface area contributed by atoms with Crippen LogP contribution in [0.2, 0.25) is 0 Å². The van der Waals surface area contributed by atoms with E-state index in [2.05, 4.69) is 20.3 Å². The largest absolute Gasteiger partial charge is 0.433 e. The minimum absolute atomic E-state index is 0.0147. The lowest BCUT2D eigenvalue weighted by molar-refractivity contribution is -0.0571. The summed E-state index contributed by atoms with van der Waals surface area (Å²) in [4.78, 5) is 25.3. The number of aromatic nitrogens is 3. The number of imidazole rings is 1. The number of aliphatic imine (C=N–C) groups is 1. The van der Waals surface area contributed by atoms with Gasteiger partial charge in [-0.25, -0.2) is 4.98 Å². The van der Waals surface area contributed by atoms with Gasteiger partial charge >= 0.3 is 6.18 Å². The molecule has 3 aromatic rings. The molecule has 0 spiro atoms. The Morgan fingerprint density at radius 2 is 2.00 bits per heavy atom. The van der Waals surface area contributed by atoms with Gasteiger partial charge in [-0.05, 0) is 42.5 Å². The van der Waals surface area contributed by atoms with E-state index in [0.29, 0.717) is 60.8 Å². The van der Waals surface area contributed by atoms with Crippen molar-refractivity contribution in [1.82, 2.24) is 19.7 Å². The molecule has 0 bridgehead atoms. The van der Waals surface area contributed by atoms with E-state index < -0.39 is 11.9 Å². The van der Waals surface area contributed by atoms with Crippen LogP contribution in [-0.4, -0.2) is 58.5 Å². The van der Waals surface area contributed by atoms with Crippen molar-refractivity contribution in [2.45, 2.75) is 46.2 Å². The van der Waals surface area contributed by atoms with Crippen molar-refractivity contribution in [2.75, 3.05) is 26.3 Å². The number of carbonyl (C=O) groups excluding carboxylic acids is 1. The zero-order valence-electron chi connectivity index (χ0n) is 21.2. The first-order chi connectivity index (χ1) is 17.7. The van der Waals surface area contributed by atoms with Gasteiger partial charge in [0.2, 0.25) is 0 Å². The van der Waals surface area contributed by atoms with E-state index in [4.69, 9.17) is 4.74 Å². The molecule has 0 aliphatic carbocycles. The zero-order chi connectivity index (χ0) is 26.6. The number of amides is 1. The fourth-order valence-electron chi connectivity index (χ4n) is 4.45. The van der Waals surface area contributed by atoms with Crippen molar-refractivity contribution in [3.8, 4) is 0 Å². The number of hydrogen-bond acceptors (Lipinski definition) is 5. The van der Waals surface area contributed by atoms with Crippen LogP contribution < -0.4 is 5.32 Å². The van der Waals surface area contributed by atoms with Gasteiger partial charge in [0.1, 0.15) is 5.71 Å². The quantitative estimate of drug-likeness (QED) is 0.394. The monoisotopic (exact) mass is 513 g/mol. The third-order valence-corrected chi connectivity index (χ3v) is 6.21. The molecular formula is C27H30F3N5O2. The number of allylic oxidation sites excluding steroid dienone is 1. The maximum absolute atomic E-state index is 13.6. The molecular weight excluding hydrogens is 483 g/mol. The summed E-state index contributed by atoms with van der Waals surface area (Å²) in [5.41, 5.74) is 3.64. The highest BCUT2D eigenvalue weighted by Gasteiger charge is 2.42. The Morgan fingerprint density at radius 1 is 1.19 bits per heavy atom. The van der Waals surface area contributed by atoms with Crippen LogP contribution in [0.25, 0.3) is 11.2 Å². The predicted octanol–water partition coefficient (Wildman–Crippen LogP) is 4.83. The maximum Gasteiger partial charge on any atom is 0.433 e. The van der Waals surface area contributed by atoms with Crippen molar-refractivity contribution in [3.63, 3.8) is 0 Å². The highest BCUT2D eigenvalue weighted by atomic mass is 19.4. The molecule has 0 unspecified atom stereocenters. The number of rotatable bonds is 10. The van der Waals surface area contributed by atoms with Crippen LogP contribution in [0, 0.1) is 0 Å². The van der Waals surface area contributed by atoms with Crippen LogP contribution in [0.1, 0.15) is 60.1 Å². The number of hydrogen-bond donors (Lipinski definition) is 1. The average molecular weight is 514 g/mol. The van der Waals surface area contributed by atoms with E-state index in [-0.39, 0.29) is 18.0 Å². The summed E-state index contributed by atoms with van der Waals surface area (Å²) in [6, 6.07) is 5.64. The minimum atomic E-state index is -4.54. The Labute approximate surface area is 213 Å². The molecule has 0 saturated heterocycles. The second-order valence-corrected chi connectivity index (χ2v) is 8.92. The Kier molecular flexibility index (Phi) is 8.06. The third-order valence-electron chi connectivity index (χ3n) is 6.21. The van der Waals surface area contributed by atoms with Crippen LogP contribution in [0.4, 0.5) is 13.2 Å². The Hall–Kier alpha value is -3.53. The van der Waals surface area contributed by atoms with Crippen LogP contribution in [0.5, 0.6) is 0 Å². The standard InChI is InChI=1S/C27H30F3N5O2/c1-4-11-37-12-9-32-26(36)20-7-6-18(13-19(20)5-2)14-21-25-34-16-22(35(25)10-8-31-21)23-17(3)15-33-24(23)27(28,29)30/h6-8,10,13,16H,4-5,9,11-12,14-15H2,1-3H3,(H,32,36). The van der Waals surface area contributed by atoms with E-state index >= 15 is 0 Å². The van der Waals surface area contributed by atoms with E-state index in [1.54, 1.807) is 29.8 Å². The van der Waals surface area contributed by atoms with Gasteiger partial charge in [0.25, 0.3) is 5.91 Å². The number of aryl methyl sites for hydroxylation is 1. The van der Waals surface area contributed by atoms with Gasteiger partial charge in [-0.1, -0.05) is 26.0 Å². The van der Waals surface area contributed by atoms with Gasteiger partial charge in [0.15, 0.2) is 5.65 Å². The van der Waals surface area contributed by atoms with Gasteiger partial charge in [0.05, 0.1) is 30.7 Å². The number of halogens is 3. The molecule has 37 heavy (non-hydrogen) atoms. The van der Waals surface area contributed by atoms with Crippen molar-refractivity contribution in [2.24, 2.45) is 4.99 Å². The summed E-state index contributed by atoms with van der Waals surface area (Å²) in [6.07, 6.45) is 2.09. The number of fused-ring (bicyclic) bond motifs is 1. The van der Waals surface area contributed by atoms with E-state index in [1.807, 2.05) is 26.0 Å². The van der Waals surface area contributed by atoms with Gasteiger partial charge in [0, 0.05) is 43.1 Å². The number of alkyl halides is 3. The van der Waals surface area contributed by atoms with E-state index in [0.717, 1.165) is 17.5 Å². The Balaban J connectivity index is 1.57. The van der Waals surface area contributed by atoms with E-state index in [9.17, 15) is 18.0 Å². The molecule has 1 aromatic carbocycles. The van der Waals surface area contributed by atoms with Gasteiger partial charge < -0.3 is 10.1 Å². The lowest BCUT2D eigenvalue weighted by Gasteiger charge is -2.13. The lowest BCUT2D eigenvalue weighted by Crippen LogP contribution is -2.28. The van der Waals surface area contributed by atoms with Gasteiger partial charge in [-0.15, -0.1) is 0 Å². The third kappa shape index (κ3) is 5.74. The molecule has 1 aliphatic rings. The Bertz CT molecular complexity index is 1360. The second-order valence-electron chi connectivity index (χ2n) is 8.92. The summed E-state index contributed by atoms with van der Waals surface area (Å²) in [5.74, 6) is -0.149. The summed E-state index contributed by atoms with van der Waals surface area (Å²) >= 11 is 0. The van der Waals surface area contributed by atoms with Crippen molar-refractivity contribution in [3.05, 3.63) is 70.4 Å². The molecule has 1 N–H and O–H groups in total. The summed E-state index contributed by atoms with van der Waals surface area (Å²) in [6.45, 7) is 7.25. The van der Waals surface area contributed by atoms with Crippen LogP contribution in [-0.2, 0) is 17.6 Å². The fraction of sp³-hybridized carbons (Fsp3) is 0.407. The van der Waals surface area contributed by atoms with Crippen molar-refractivity contribution in [1.29, 1.82) is 0 Å². The number of benzene rings is 1. The maximum atomic E-state index is 13.6. The predicted molar refractivity (Wildman–Crippen MR) is 136 cm³/mol.